The Balaban J connectivity index is 1.83. The van der Waals surface area contributed by atoms with E-state index in [0.717, 1.165) is 19.6 Å². The van der Waals surface area contributed by atoms with E-state index in [1.54, 1.807) is 0 Å². The van der Waals surface area contributed by atoms with Crippen molar-refractivity contribution in [1.29, 1.82) is 0 Å². The van der Waals surface area contributed by atoms with Crippen LogP contribution >= 0.6 is 0 Å². The van der Waals surface area contributed by atoms with Gasteiger partial charge in [-0.25, -0.2) is 0 Å². The van der Waals surface area contributed by atoms with Crippen molar-refractivity contribution in [3.63, 3.8) is 0 Å². The molecule has 110 valence electrons. The number of aliphatic carboxylic acids is 1. The van der Waals surface area contributed by atoms with E-state index < -0.39 is 5.97 Å². The molecule has 0 bridgehead atoms. The standard InChI is InChI=1S/C16H24N2O2/c1-17(11-9-16(19)20)15-8-5-10-18(13-15)12-14-6-3-2-4-7-14/h2-4,6-7,15H,5,8-13H2,1H3,(H,19,20)/t15-/m1/s1. The molecular weight excluding hydrogens is 252 g/mol. The number of carboxylic acid groups (broad SMARTS) is 1. The van der Waals surface area contributed by atoms with Crippen LogP contribution in [0.3, 0.4) is 0 Å². The van der Waals surface area contributed by atoms with Crippen LogP contribution in [0.4, 0.5) is 0 Å². The number of carbonyl (C=O) groups is 1. The molecule has 1 fully saturated rings. The van der Waals surface area contributed by atoms with Crippen LogP contribution in [0.15, 0.2) is 30.3 Å². The second-order valence-corrected chi connectivity index (χ2v) is 5.64. The topological polar surface area (TPSA) is 43.8 Å². The zero-order valence-corrected chi connectivity index (χ0v) is 12.2. The van der Waals surface area contributed by atoms with Crippen LogP contribution in [0, 0.1) is 0 Å². The molecule has 4 heteroatoms. The van der Waals surface area contributed by atoms with Crippen molar-refractivity contribution < 1.29 is 9.90 Å². The molecule has 1 heterocycles. The summed E-state index contributed by atoms with van der Waals surface area (Å²) in [6.45, 7) is 3.80. The van der Waals surface area contributed by atoms with Crippen LogP contribution in [0.1, 0.15) is 24.8 Å². The molecule has 20 heavy (non-hydrogen) atoms. The highest BCUT2D eigenvalue weighted by Crippen LogP contribution is 2.17. The van der Waals surface area contributed by atoms with Crippen molar-refractivity contribution in [2.45, 2.75) is 31.8 Å². The third-order valence-corrected chi connectivity index (χ3v) is 4.03. The zero-order valence-electron chi connectivity index (χ0n) is 12.2. The van der Waals surface area contributed by atoms with Gasteiger partial charge in [-0.2, -0.15) is 0 Å². The van der Waals surface area contributed by atoms with Crippen LogP contribution in [0.25, 0.3) is 0 Å². The lowest BCUT2D eigenvalue weighted by Crippen LogP contribution is -2.46. The molecule has 1 atom stereocenters. The second kappa shape index (κ2) is 7.41. The number of rotatable bonds is 6. The molecule has 0 amide bonds. The van der Waals surface area contributed by atoms with E-state index in [1.165, 1.54) is 18.4 Å². The minimum absolute atomic E-state index is 0.228. The molecule has 1 aromatic carbocycles. The molecular formula is C16H24N2O2. The number of hydrogen-bond donors (Lipinski definition) is 1. The van der Waals surface area contributed by atoms with E-state index in [4.69, 9.17) is 5.11 Å². The maximum absolute atomic E-state index is 10.7. The summed E-state index contributed by atoms with van der Waals surface area (Å²) < 4.78 is 0. The zero-order chi connectivity index (χ0) is 14.4. The van der Waals surface area contributed by atoms with Gasteiger partial charge in [0.15, 0.2) is 0 Å². The Morgan fingerprint density at radius 1 is 1.40 bits per heavy atom. The molecule has 0 unspecified atom stereocenters. The van der Waals surface area contributed by atoms with Gasteiger partial charge in [-0.1, -0.05) is 30.3 Å². The molecule has 4 nitrogen and oxygen atoms in total. The van der Waals surface area contributed by atoms with E-state index in [2.05, 4.69) is 34.1 Å². The lowest BCUT2D eigenvalue weighted by atomic mass is 10.0. The molecule has 0 aromatic heterocycles. The van der Waals surface area contributed by atoms with Crippen molar-refractivity contribution in [3.05, 3.63) is 35.9 Å². The van der Waals surface area contributed by atoms with E-state index in [9.17, 15) is 4.79 Å². The van der Waals surface area contributed by atoms with Gasteiger partial charge in [-0.05, 0) is 32.0 Å². The summed E-state index contributed by atoms with van der Waals surface area (Å²) in [6.07, 6.45) is 2.59. The molecule has 0 aliphatic carbocycles. The molecule has 0 saturated carbocycles. The minimum Gasteiger partial charge on any atom is -0.481 e. The first-order valence-corrected chi connectivity index (χ1v) is 7.33. The Morgan fingerprint density at radius 3 is 2.85 bits per heavy atom. The van der Waals surface area contributed by atoms with Gasteiger partial charge in [0.1, 0.15) is 0 Å². The Labute approximate surface area is 121 Å². The number of hydrogen-bond acceptors (Lipinski definition) is 3. The van der Waals surface area contributed by atoms with E-state index >= 15 is 0 Å². The number of likely N-dealkylation sites (N-methyl/N-ethyl adjacent to an activating group) is 1. The van der Waals surface area contributed by atoms with Crippen molar-refractivity contribution in [1.82, 2.24) is 9.80 Å². The summed E-state index contributed by atoms with van der Waals surface area (Å²) in [5, 5.41) is 8.77. The minimum atomic E-state index is -0.714. The fraction of sp³-hybridized carbons (Fsp3) is 0.562. The van der Waals surface area contributed by atoms with Gasteiger partial charge in [0.25, 0.3) is 0 Å². The van der Waals surface area contributed by atoms with Crippen molar-refractivity contribution in [2.75, 3.05) is 26.7 Å². The fourth-order valence-corrected chi connectivity index (χ4v) is 2.83. The number of carboxylic acids is 1. The lowest BCUT2D eigenvalue weighted by molar-refractivity contribution is -0.137. The fourth-order valence-electron chi connectivity index (χ4n) is 2.83. The van der Waals surface area contributed by atoms with Crippen molar-refractivity contribution in [2.24, 2.45) is 0 Å². The SMILES string of the molecule is CN(CCC(=O)O)[C@@H]1CCCN(Cc2ccccc2)C1. The predicted molar refractivity (Wildman–Crippen MR) is 79.6 cm³/mol. The number of piperidine rings is 1. The molecule has 2 rings (SSSR count). The maximum Gasteiger partial charge on any atom is 0.304 e. The van der Waals surface area contributed by atoms with Gasteiger partial charge < -0.3 is 10.0 Å². The van der Waals surface area contributed by atoms with Gasteiger partial charge in [0.2, 0.25) is 0 Å². The lowest BCUT2D eigenvalue weighted by Gasteiger charge is -2.37. The average Bonchev–Trinajstić information content (AvgIpc) is 2.46. The molecule has 1 saturated heterocycles. The first-order valence-electron chi connectivity index (χ1n) is 7.33. The molecule has 0 spiro atoms. The van der Waals surface area contributed by atoms with Gasteiger partial charge in [-0.15, -0.1) is 0 Å². The normalized spacial score (nSPS) is 20.2. The van der Waals surface area contributed by atoms with Crippen LogP contribution in [0.2, 0.25) is 0 Å². The monoisotopic (exact) mass is 276 g/mol. The number of likely N-dealkylation sites (tertiary alicyclic amines) is 1. The molecule has 1 aliphatic heterocycles. The highest BCUT2D eigenvalue weighted by atomic mass is 16.4. The smallest absolute Gasteiger partial charge is 0.304 e. The first-order chi connectivity index (χ1) is 9.65. The summed E-state index contributed by atoms with van der Waals surface area (Å²) >= 11 is 0. The van der Waals surface area contributed by atoms with Crippen molar-refractivity contribution in [3.8, 4) is 0 Å². The largest absolute Gasteiger partial charge is 0.481 e. The Hall–Kier alpha value is -1.39. The number of benzene rings is 1. The van der Waals surface area contributed by atoms with Gasteiger partial charge in [-0.3, -0.25) is 9.69 Å². The summed E-state index contributed by atoms with van der Waals surface area (Å²) in [7, 11) is 2.04. The maximum atomic E-state index is 10.7. The molecule has 1 aromatic rings. The first kappa shape index (κ1) is 15.0. The van der Waals surface area contributed by atoms with Gasteiger partial charge >= 0.3 is 5.97 Å². The Bertz CT molecular complexity index is 422. The Kier molecular flexibility index (Phi) is 5.56. The average molecular weight is 276 g/mol. The Morgan fingerprint density at radius 2 is 2.15 bits per heavy atom. The summed E-state index contributed by atoms with van der Waals surface area (Å²) in [5.41, 5.74) is 1.35. The number of nitrogens with zero attached hydrogens (tertiary/aromatic N) is 2. The van der Waals surface area contributed by atoms with Crippen molar-refractivity contribution >= 4 is 5.97 Å². The highest BCUT2D eigenvalue weighted by Gasteiger charge is 2.23. The van der Waals surface area contributed by atoms with E-state index in [0.29, 0.717) is 12.6 Å². The van der Waals surface area contributed by atoms with Crippen LogP contribution in [-0.2, 0) is 11.3 Å². The molecule has 1 N–H and O–H groups in total. The molecule has 1 aliphatic rings. The third kappa shape index (κ3) is 4.62. The van der Waals surface area contributed by atoms with Crippen LogP contribution in [0.5, 0.6) is 0 Å². The van der Waals surface area contributed by atoms with Gasteiger partial charge in [0, 0.05) is 25.7 Å². The quantitative estimate of drug-likeness (QED) is 0.863. The van der Waals surface area contributed by atoms with Crippen LogP contribution in [-0.4, -0.2) is 53.6 Å². The summed E-state index contributed by atoms with van der Waals surface area (Å²) in [4.78, 5) is 15.3. The summed E-state index contributed by atoms with van der Waals surface area (Å²) in [6, 6.07) is 11.0. The predicted octanol–water partition coefficient (Wildman–Crippen LogP) is 2.06. The summed E-state index contributed by atoms with van der Waals surface area (Å²) in [5.74, 6) is -0.714. The van der Waals surface area contributed by atoms with Gasteiger partial charge in [0.05, 0.1) is 6.42 Å². The van der Waals surface area contributed by atoms with Crippen LogP contribution < -0.4 is 0 Å². The van der Waals surface area contributed by atoms with E-state index in [-0.39, 0.29) is 6.42 Å². The molecule has 0 radical (unpaired) electrons. The van der Waals surface area contributed by atoms with E-state index in [1.807, 2.05) is 13.1 Å². The highest BCUT2D eigenvalue weighted by molar-refractivity contribution is 5.66. The third-order valence-electron chi connectivity index (χ3n) is 4.03. The second-order valence-electron chi connectivity index (χ2n) is 5.64.